The highest BCUT2D eigenvalue weighted by molar-refractivity contribution is 5.80. The van der Waals surface area contributed by atoms with Crippen LogP contribution in [-0.2, 0) is 6.54 Å². The fourth-order valence-corrected chi connectivity index (χ4v) is 3.19. The first-order valence-electron chi connectivity index (χ1n) is 8.48. The van der Waals surface area contributed by atoms with Crippen molar-refractivity contribution < 1.29 is 4.42 Å². The monoisotopic (exact) mass is 315 g/mol. The summed E-state index contributed by atoms with van der Waals surface area (Å²) in [7, 11) is 0. The molecule has 2 heterocycles. The third-order valence-corrected chi connectivity index (χ3v) is 4.57. The molecule has 0 spiro atoms. The molecule has 0 N–H and O–H groups in total. The Kier molecular flexibility index (Phi) is 4.30. The molecule has 0 fully saturated rings. The lowest BCUT2D eigenvalue weighted by Gasteiger charge is -2.25. The van der Waals surface area contributed by atoms with Crippen molar-refractivity contribution in [3.8, 4) is 0 Å². The highest BCUT2D eigenvalue weighted by Gasteiger charge is 2.13. The van der Waals surface area contributed by atoms with Crippen LogP contribution in [0.2, 0.25) is 0 Å². The fourth-order valence-electron chi connectivity index (χ4n) is 3.19. The maximum absolute atomic E-state index is 5.65. The van der Waals surface area contributed by atoms with Crippen molar-refractivity contribution in [2.24, 2.45) is 0 Å². The zero-order valence-electron chi connectivity index (χ0n) is 13.7. The molecule has 24 heavy (non-hydrogen) atoms. The first-order valence-corrected chi connectivity index (χ1v) is 8.48. The van der Waals surface area contributed by atoms with Crippen LogP contribution in [0.15, 0.2) is 83.0 Å². The summed E-state index contributed by atoms with van der Waals surface area (Å²) in [6.07, 6.45) is 9.79. The van der Waals surface area contributed by atoms with E-state index in [-0.39, 0.29) is 0 Å². The third kappa shape index (κ3) is 3.34. The normalized spacial score (nSPS) is 15.9. The molecule has 0 atom stereocenters. The molecule has 0 aliphatic carbocycles. The summed E-state index contributed by atoms with van der Waals surface area (Å²) in [4.78, 5) is 2.47. The summed E-state index contributed by atoms with van der Waals surface area (Å²) in [5, 5.41) is 1.23. The van der Waals surface area contributed by atoms with Crippen LogP contribution in [0.25, 0.3) is 17.0 Å². The second-order valence-electron chi connectivity index (χ2n) is 6.27. The number of benzene rings is 2. The first kappa shape index (κ1) is 15.0. The van der Waals surface area contributed by atoms with Crippen LogP contribution >= 0.6 is 0 Å². The van der Waals surface area contributed by atoms with E-state index >= 15 is 0 Å². The molecule has 1 aromatic heterocycles. The number of rotatable bonds is 4. The summed E-state index contributed by atoms with van der Waals surface area (Å²) < 4.78 is 5.65. The van der Waals surface area contributed by atoms with Crippen molar-refractivity contribution >= 4 is 17.0 Å². The Morgan fingerprint density at radius 2 is 1.79 bits per heavy atom. The van der Waals surface area contributed by atoms with Crippen LogP contribution in [0.4, 0.5) is 0 Å². The van der Waals surface area contributed by atoms with Gasteiger partial charge in [0, 0.05) is 30.6 Å². The van der Waals surface area contributed by atoms with Gasteiger partial charge in [0.1, 0.15) is 5.58 Å². The lowest BCUT2D eigenvalue weighted by molar-refractivity contribution is 0.287. The lowest BCUT2D eigenvalue weighted by Crippen LogP contribution is -2.27. The van der Waals surface area contributed by atoms with E-state index in [0.29, 0.717) is 0 Å². The Hall–Kier alpha value is -2.58. The molecular formula is C22H21NO. The smallest absolute Gasteiger partial charge is 0.134 e. The third-order valence-electron chi connectivity index (χ3n) is 4.57. The minimum absolute atomic E-state index is 0.948. The highest BCUT2D eigenvalue weighted by Crippen LogP contribution is 2.23. The minimum atomic E-state index is 0.948. The summed E-state index contributed by atoms with van der Waals surface area (Å²) in [6.45, 7) is 3.03. The van der Waals surface area contributed by atoms with E-state index in [1.165, 1.54) is 22.1 Å². The molecule has 0 saturated carbocycles. The van der Waals surface area contributed by atoms with E-state index in [9.17, 15) is 0 Å². The standard InChI is InChI=1S/C22H21NO/c1-2-6-18(7-3-1)10-11-19-12-14-23(15-13-19)16-20-17-24-22-9-5-4-8-21(20)22/h1-12,17H,13-16H2. The summed E-state index contributed by atoms with van der Waals surface area (Å²) in [6, 6.07) is 18.7. The Morgan fingerprint density at radius 1 is 0.958 bits per heavy atom. The van der Waals surface area contributed by atoms with Gasteiger partial charge in [-0.25, -0.2) is 0 Å². The largest absolute Gasteiger partial charge is 0.464 e. The molecule has 2 nitrogen and oxygen atoms in total. The number of hydrogen-bond donors (Lipinski definition) is 0. The molecule has 4 rings (SSSR count). The van der Waals surface area contributed by atoms with Gasteiger partial charge in [0.25, 0.3) is 0 Å². The van der Waals surface area contributed by atoms with Crippen molar-refractivity contribution in [2.45, 2.75) is 13.0 Å². The molecule has 1 aliphatic rings. The average molecular weight is 315 g/mol. The summed E-state index contributed by atoms with van der Waals surface area (Å²) in [5.41, 5.74) is 4.94. The Bertz CT molecular complexity index is 873. The average Bonchev–Trinajstić information content (AvgIpc) is 3.05. The predicted octanol–water partition coefficient (Wildman–Crippen LogP) is 5.28. The predicted molar refractivity (Wildman–Crippen MR) is 99.7 cm³/mol. The second kappa shape index (κ2) is 6.90. The van der Waals surface area contributed by atoms with Gasteiger partial charge in [0.15, 0.2) is 0 Å². The Morgan fingerprint density at radius 3 is 2.62 bits per heavy atom. The topological polar surface area (TPSA) is 16.4 Å². The molecule has 0 unspecified atom stereocenters. The first-order chi connectivity index (χ1) is 11.9. The molecule has 2 aromatic carbocycles. The van der Waals surface area contributed by atoms with E-state index in [1.54, 1.807) is 0 Å². The number of hydrogen-bond acceptors (Lipinski definition) is 2. The van der Waals surface area contributed by atoms with E-state index in [4.69, 9.17) is 4.42 Å². The second-order valence-corrected chi connectivity index (χ2v) is 6.27. The molecule has 1 aliphatic heterocycles. The number of para-hydroxylation sites is 1. The van der Waals surface area contributed by atoms with Crippen LogP contribution < -0.4 is 0 Å². The maximum Gasteiger partial charge on any atom is 0.134 e. The van der Waals surface area contributed by atoms with E-state index in [2.05, 4.69) is 65.6 Å². The maximum atomic E-state index is 5.65. The number of fused-ring (bicyclic) bond motifs is 1. The van der Waals surface area contributed by atoms with Crippen LogP contribution in [0, 0.1) is 0 Å². The molecule has 0 bridgehead atoms. The summed E-state index contributed by atoms with van der Waals surface area (Å²) >= 11 is 0. The molecule has 3 aromatic rings. The van der Waals surface area contributed by atoms with Crippen molar-refractivity contribution in [3.63, 3.8) is 0 Å². The highest BCUT2D eigenvalue weighted by atomic mass is 16.3. The van der Waals surface area contributed by atoms with Crippen LogP contribution in [0.3, 0.4) is 0 Å². The van der Waals surface area contributed by atoms with Gasteiger partial charge in [0.05, 0.1) is 6.26 Å². The van der Waals surface area contributed by atoms with E-state index < -0.39 is 0 Å². The fraction of sp³-hybridized carbons (Fsp3) is 0.182. The molecule has 0 radical (unpaired) electrons. The Labute approximate surface area is 142 Å². The van der Waals surface area contributed by atoms with Crippen LogP contribution in [0.1, 0.15) is 17.5 Å². The quantitative estimate of drug-likeness (QED) is 0.651. The molecule has 2 heteroatoms. The van der Waals surface area contributed by atoms with Gasteiger partial charge in [-0.1, -0.05) is 66.8 Å². The minimum Gasteiger partial charge on any atom is -0.464 e. The van der Waals surface area contributed by atoms with Crippen LogP contribution in [0.5, 0.6) is 0 Å². The van der Waals surface area contributed by atoms with Gasteiger partial charge in [0.2, 0.25) is 0 Å². The van der Waals surface area contributed by atoms with Gasteiger partial charge >= 0.3 is 0 Å². The van der Waals surface area contributed by atoms with E-state index in [1.807, 2.05) is 18.4 Å². The van der Waals surface area contributed by atoms with Crippen molar-refractivity contribution in [2.75, 3.05) is 13.1 Å². The van der Waals surface area contributed by atoms with Crippen molar-refractivity contribution in [1.82, 2.24) is 4.90 Å². The Balaban J connectivity index is 1.40. The zero-order valence-corrected chi connectivity index (χ0v) is 13.7. The number of allylic oxidation sites excluding steroid dienone is 1. The molecular weight excluding hydrogens is 294 g/mol. The van der Waals surface area contributed by atoms with Gasteiger partial charge < -0.3 is 4.42 Å². The molecule has 0 saturated heterocycles. The van der Waals surface area contributed by atoms with Crippen LogP contribution in [-0.4, -0.2) is 18.0 Å². The van der Waals surface area contributed by atoms with Gasteiger partial charge in [-0.05, 0) is 23.6 Å². The van der Waals surface area contributed by atoms with Gasteiger partial charge in [-0.2, -0.15) is 0 Å². The van der Waals surface area contributed by atoms with E-state index in [0.717, 1.165) is 31.6 Å². The van der Waals surface area contributed by atoms with Crippen molar-refractivity contribution in [1.29, 1.82) is 0 Å². The zero-order chi connectivity index (χ0) is 16.2. The number of nitrogens with zero attached hydrogens (tertiary/aromatic N) is 1. The van der Waals surface area contributed by atoms with Crippen molar-refractivity contribution in [3.05, 3.63) is 89.7 Å². The summed E-state index contributed by atoms with van der Waals surface area (Å²) in [5.74, 6) is 0. The number of furan rings is 1. The molecule has 120 valence electrons. The lowest BCUT2D eigenvalue weighted by atomic mass is 10.1. The van der Waals surface area contributed by atoms with Gasteiger partial charge in [-0.15, -0.1) is 0 Å². The van der Waals surface area contributed by atoms with Gasteiger partial charge in [-0.3, -0.25) is 4.90 Å². The SMILES string of the molecule is C(=Cc1ccccc1)C1=CCN(Cc2coc3ccccc23)CC1. The molecule has 0 amide bonds.